The van der Waals surface area contributed by atoms with Gasteiger partial charge < -0.3 is 14.3 Å². The van der Waals surface area contributed by atoms with Crippen molar-refractivity contribution in [3.63, 3.8) is 0 Å². The molecular weight excluding hydrogens is 248 g/mol. The summed E-state index contributed by atoms with van der Waals surface area (Å²) in [6.45, 7) is 0.618. The molecule has 0 saturated heterocycles. The number of rotatable bonds is 5. The summed E-state index contributed by atoms with van der Waals surface area (Å²) in [5.74, 6) is 2.77. The van der Waals surface area contributed by atoms with Gasteiger partial charge in [0.15, 0.2) is 0 Å². The molecule has 0 spiro atoms. The fourth-order valence-corrected chi connectivity index (χ4v) is 2.06. The Kier molecular flexibility index (Phi) is 4.15. The zero-order valence-corrected chi connectivity index (χ0v) is 11.3. The predicted octanol–water partition coefficient (Wildman–Crippen LogP) is 2.45. The minimum Gasteiger partial charge on any atom is -0.463 e. The van der Waals surface area contributed by atoms with Crippen molar-refractivity contribution in [3.8, 4) is 0 Å². The monoisotopic (exact) mass is 264 g/mol. The average Bonchev–Trinajstić information content (AvgIpc) is 2.79. The zero-order valence-electron chi connectivity index (χ0n) is 10.5. The lowest BCUT2D eigenvalue weighted by Gasteiger charge is -2.05. The summed E-state index contributed by atoms with van der Waals surface area (Å²) in [6, 6.07) is 7.28. The summed E-state index contributed by atoms with van der Waals surface area (Å²) in [7, 11) is 1.73. The maximum atomic E-state index is 11.2. The molecular formula is C13H16N2O2S. The normalized spacial score (nSPS) is 10.6. The highest BCUT2D eigenvalue weighted by atomic mass is 32.2. The number of anilines is 1. The number of hydrogen-bond acceptors (Lipinski definition) is 4. The summed E-state index contributed by atoms with van der Waals surface area (Å²) in [4.78, 5) is 11.2. The molecule has 5 heteroatoms. The third-order valence-electron chi connectivity index (χ3n) is 2.56. The van der Waals surface area contributed by atoms with E-state index >= 15 is 0 Å². The molecule has 2 rings (SSSR count). The maximum Gasteiger partial charge on any atom is 0.250 e. The Morgan fingerprint density at radius 2 is 2.06 bits per heavy atom. The topological polar surface area (TPSA) is 47.2 Å². The molecule has 0 amide bonds. The second kappa shape index (κ2) is 5.82. The lowest BCUT2D eigenvalue weighted by molar-refractivity contribution is 0.487. The lowest BCUT2D eigenvalue weighted by atomic mass is 10.4. The fraction of sp³-hybridized carbons (Fsp3) is 0.308. The van der Waals surface area contributed by atoms with Crippen molar-refractivity contribution in [3.05, 3.63) is 52.3 Å². The molecule has 2 aromatic rings. The summed E-state index contributed by atoms with van der Waals surface area (Å²) in [5.41, 5.74) is 0.890. The SMILES string of the molecule is CSCc1ccc(CNc2ccc(=O)n(C)c2)o1. The van der Waals surface area contributed by atoms with Crippen LogP contribution in [0.3, 0.4) is 0 Å². The van der Waals surface area contributed by atoms with Crippen LogP contribution in [0.25, 0.3) is 0 Å². The molecule has 0 radical (unpaired) electrons. The van der Waals surface area contributed by atoms with Gasteiger partial charge in [-0.15, -0.1) is 0 Å². The van der Waals surface area contributed by atoms with Crippen molar-refractivity contribution < 1.29 is 4.42 Å². The summed E-state index contributed by atoms with van der Waals surface area (Å²) >= 11 is 1.73. The number of pyridine rings is 1. The van der Waals surface area contributed by atoms with E-state index in [9.17, 15) is 4.79 Å². The number of nitrogens with zero attached hydrogens (tertiary/aromatic N) is 1. The lowest BCUT2D eigenvalue weighted by Crippen LogP contribution is -2.15. The molecule has 18 heavy (non-hydrogen) atoms. The third-order valence-corrected chi connectivity index (χ3v) is 3.13. The van der Waals surface area contributed by atoms with Crippen LogP contribution in [0, 0.1) is 0 Å². The number of thioether (sulfide) groups is 1. The summed E-state index contributed by atoms with van der Waals surface area (Å²) in [6.07, 6.45) is 3.82. The molecule has 0 aliphatic carbocycles. The Morgan fingerprint density at radius 3 is 2.78 bits per heavy atom. The van der Waals surface area contributed by atoms with Gasteiger partial charge in [-0.1, -0.05) is 0 Å². The Morgan fingerprint density at radius 1 is 1.28 bits per heavy atom. The second-order valence-corrected chi connectivity index (χ2v) is 4.89. The zero-order chi connectivity index (χ0) is 13.0. The van der Waals surface area contributed by atoms with Gasteiger partial charge in [-0.05, 0) is 24.5 Å². The van der Waals surface area contributed by atoms with Gasteiger partial charge in [0.05, 0.1) is 18.0 Å². The molecule has 1 N–H and O–H groups in total. The van der Waals surface area contributed by atoms with Crippen LogP contribution in [-0.2, 0) is 19.3 Å². The molecule has 0 atom stereocenters. The van der Waals surface area contributed by atoms with Crippen LogP contribution in [0.2, 0.25) is 0 Å². The van der Waals surface area contributed by atoms with Crippen molar-refractivity contribution in [1.29, 1.82) is 0 Å². The number of aryl methyl sites for hydroxylation is 1. The van der Waals surface area contributed by atoms with Crippen LogP contribution in [0.1, 0.15) is 11.5 Å². The first-order valence-electron chi connectivity index (χ1n) is 5.66. The van der Waals surface area contributed by atoms with Crippen LogP contribution in [0.4, 0.5) is 5.69 Å². The number of aromatic nitrogens is 1. The van der Waals surface area contributed by atoms with Gasteiger partial charge in [0.25, 0.3) is 0 Å². The third kappa shape index (κ3) is 3.20. The Bertz CT molecular complexity index is 574. The Hall–Kier alpha value is -1.62. The van der Waals surface area contributed by atoms with Crippen molar-refractivity contribution in [1.82, 2.24) is 4.57 Å². The highest BCUT2D eigenvalue weighted by Gasteiger charge is 2.02. The molecule has 0 unspecified atom stereocenters. The predicted molar refractivity (Wildman–Crippen MR) is 74.9 cm³/mol. The smallest absolute Gasteiger partial charge is 0.250 e. The van der Waals surface area contributed by atoms with E-state index in [1.165, 1.54) is 0 Å². The van der Waals surface area contributed by atoms with Gasteiger partial charge in [-0.25, -0.2) is 0 Å². The van der Waals surface area contributed by atoms with E-state index in [0.29, 0.717) is 6.54 Å². The molecule has 0 aliphatic rings. The molecule has 2 heterocycles. The van der Waals surface area contributed by atoms with Crippen LogP contribution < -0.4 is 10.9 Å². The van der Waals surface area contributed by atoms with Gasteiger partial charge in [-0.3, -0.25) is 4.79 Å². The van der Waals surface area contributed by atoms with E-state index < -0.39 is 0 Å². The molecule has 0 saturated carbocycles. The number of nitrogens with one attached hydrogen (secondary N) is 1. The first-order chi connectivity index (χ1) is 8.69. The van der Waals surface area contributed by atoms with Crippen molar-refractivity contribution in [2.45, 2.75) is 12.3 Å². The number of hydrogen-bond donors (Lipinski definition) is 1. The van der Waals surface area contributed by atoms with Gasteiger partial charge in [0.2, 0.25) is 5.56 Å². The summed E-state index contributed by atoms with van der Waals surface area (Å²) < 4.78 is 7.19. The van der Waals surface area contributed by atoms with Crippen molar-refractivity contribution in [2.75, 3.05) is 11.6 Å². The molecule has 0 aromatic carbocycles. The summed E-state index contributed by atoms with van der Waals surface area (Å²) in [5, 5.41) is 3.22. The minimum atomic E-state index is -0.0131. The first kappa shape index (κ1) is 12.8. The van der Waals surface area contributed by atoms with Gasteiger partial charge in [0.1, 0.15) is 11.5 Å². The molecule has 0 fully saturated rings. The Labute approximate surface area is 110 Å². The maximum absolute atomic E-state index is 11.2. The highest BCUT2D eigenvalue weighted by Crippen LogP contribution is 2.14. The molecule has 4 nitrogen and oxygen atoms in total. The standard InChI is InChI=1S/C13H16N2O2S/c1-15-8-10(3-6-13(15)16)14-7-11-4-5-12(17-11)9-18-2/h3-6,8,14H,7,9H2,1-2H3. The van der Waals surface area contributed by atoms with Crippen LogP contribution in [-0.4, -0.2) is 10.8 Å². The molecule has 0 aliphatic heterocycles. The largest absolute Gasteiger partial charge is 0.463 e. The van der Waals surface area contributed by atoms with Crippen LogP contribution in [0.15, 0.2) is 39.7 Å². The van der Waals surface area contributed by atoms with E-state index in [-0.39, 0.29) is 5.56 Å². The van der Waals surface area contributed by atoms with Gasteiger partial charge in [0, 0.05) is 19.3 Å². The fourth-order valence-electron chi connectivity index (χ4n) is 1.62. The van der Waals surface area contributed by atoms with E-state index in [1.54, 1.807) is 41.7 Å². The molecule has 2 aromatic heterocycles. The average molecular weight is 264 g/mol. The quantitative estimate of drug-likeness (QED) is 0.901. The number of furan rings is 1. The van der Waals surface area contributed by atoms with E-state index in [2.05, 4.69) is 5.32 Å². The van der Waals surface area contributed by atoms with E-state index in [1.807, 2.05) is 18.4 Å². The van der Waals surface area contributed by atoms with Crippen LogP contribution >= 0.6 is 11.8 Å². The van der Waals surface area contributed by atoms with E-state index in [0.717, 1.165) is 23.0 Å². The minimum absolute atomic E-state index is 0.0131. The Balaban J connectivity index is 1.97. The van der Waals surface area contributed by atoms with Crippen LogP contribution in [0.5, 0.6) is 0 Å². The second-order valence-electron chi connectivity index (χ2n) is 4.02. The van der Waals surface area contributed by atoms with Gasteiger partial charge in [-0.2, -0.15) is 11.8 Å². The molecule has 96 valence electrons. The highest BCUT2D eigenvalue weighted by molar-refractivity contribution is 7.97. The van der Waals surface area contributed by atoms with Crippen molar-refractivity contribution in [2.24, 2.45) is 7.05 Å². The first-order valence-corrected chi connectivity index (χ1v) is 7.05. The van der Waals surface area contributed by atoms with Crippen molar-refractivity contribution >= 4 is 17.4 Å². The van der Waals surface area contributed by atoms with E-state index in [4.69, 9.17) is 4.42 Å². The molecule has 0 bridgehead atoms. The van der Waals surface area contributed by atoms with Gasteiger partial charge >= 0.3 is 0 Å².